The first-order valence-corrected chi connectivity index (χ1v) is 5.58. The van der Waals surface area contributed by atoms with E-state index in [1.54, 1.807) is 6.08 Å². The molecule has 0 amide bonds. The fourth-order valence-electron chi connectivity index (χ4n) is 1.45. The molecule has 90 valence electrons. The Balaban J connectivity index is 3.12. The van der Waals surface area contributed by atoms with Crippen molar-refractivity contribution in [3.63, 3.8) is 0 Å². The molecule has 1 N–H and O–H groups in total. The molecule has 1 rings (SSSR count). The second-order valence-electron chi connectivity index (χ2n) is 4.16. The number of allylic oxidation sites excluding steroid dienone is 1. The largest absolute Gasteiger partial charge is 0.382 e. The summed E-state index contributed by atoms with van der Waals surface area (Å²) in [5, 5.41) is 3.27. The number of rotatable bonds is 5. The molecule has 0 aliphatic rings. The van der Waals surface area contributed by atoms with E-state index >= 15 is 0 Å². The molecule has 0 spiro atoms. The zero-order chi connectivity index (χ0) is 12.8. The highest BCUT2D eigenvalue weighted by Crippen LogP contribution is 2.19. The van der Waals surface area contributed by atoms with Crippen LogP contribution in [0.3, 0.4) is 0 Å². The fourth-order valence-corrected chi connectivity index (χ4v) is 1.45. The van der Waals surface area contributed by atoms with E-state index in [9.17, 15) is 9.59 Å². The van der Waals surface area contributed by atoms with Gasteiger partial charge in [-0.15, -0.1) is 0 Å². The molecule has 0 heterocycles. The Hall–Kier alpha value is -1.90. The Morgan fingerprint density at radius 1 is 1.29 bits per heavy atom. The number of carbonyl (C=O) groups is 2. The molecule has 0 atom stereocenters. The number of Topliss-reactive ketones (excluding diaryl/α,β-unsaturated/α-hetero) is 1. The average molecular weight is 231 g/mol. The monoisotopic (exact) mass is 231 g/mol. The highest BCUT2D eigenvalue weighted by molar-refractivity contribution is 6.14. The minimum atomic E-state index is -0.223. The quantitative estimate of drug-likeness (QED) is 0.367. The van der Waals surface area contributed by atoms with Crippen molar-refractivity contribution in [3.05, 3.63) is 35.4 Å². The maximum atomic E-state index is 11.2. The molecule has 0 bridgehead atoms. The van der Waals surface area contributed by atoms with Crippen LogP contribution >= 0.6 is 0 Å². The highest BCUT2D eigenvalue weighted by Gasteiger charge is 2.05. The predicted molar refractivity (Wildman–Crippen MR) is 69.9 cm³/mol. The van der Waals surface area contributed by atoms with Crippen LogP contribution < -0.4 is 5.32 Å². The number of nitrogens with one attached hydrogen (secondary N) is 1. The van der Waals surface area contributed by atoms with E-state index < -0.39 is 0 Å². The van der Waals surface area contributed by atoms with Crippen LogP contribution in [-0.4, -0.2) is 18.1 Å². The first kappa shape index (κ1) is 13.2. The molecule has 0 radical (unpaired) electrons. The van der Waals surface area contributed by atoms with E-state index in [-0.39, 0.29) is 11.4 Å². The summed E-state index contributed by atoms with van der Waals surface area (Å²) in [6.45, 7) is 5.46. The van der Waals surface area contributed by atoms with Gasteiger partial charge in [0.2, 0.25) is 0 Å². The van der Waals surface area contributed by atoms with Crippen molar-refractivity contribution in [2.75, 3.05) is 5.32 Å². The Morgan fingerprint density at radius 3 is 2.47 bits per heavy atom. The lowest BCUT2D eigenvalue weighted by atomic mass is 10.1. The van der Waals surface area contributed by atoms with Crippen molar-refractivity contribution >= 4 is 23.8 Å². The lowest BCUT2D eigenvalue weighted by Gasteiger charge is -2.12. The van der Waals surface area contributed by atoms with Gasteiger partial charge in [-0.05, 0) is 38.5 Å². The third-order valence-corrected chi connectivity index (χ3v) is 2.25. The van der Waals surface area contributed by atoms with Crippen molar-refractivity contribution in [3.8, 4) is 0 Å². The molecule has 3 nitrogen and oxygen atoms in total. The van der Waals surface area contributed by atoms with Crippen molar-refractivity contribution in [2.45, 2.75) is 26.8 Å². The molecule has 1 aromatic carbocycles. The molecule has 0 aliphatic heterocycles. The van der Waals surface area contributed by atoms with E-state index in [0.717, 1.165) is 11.3 Å². The molecular formula is C14H17NO2. The molecule has 0 unspecified atom stereocenters. The topological polar surface area (TPSA) is 46.2 Å². The maximum absolute atomic E-state index is 11.2. The van der Waals surface area contributed by atoms with E-state index in [1.165, 1.54) is 6.92 Å². The smallest absolute Gasteiger partial charge is 0.163 e. The van der Waals surface area contributed by atoms with Gasteiger partial charge >= 0.3 is 0 Å². The molecule has 17 heavy (non-hydrogen) atoms. The summed E-state index contributed by atoms with van der Waals surface area (Å²) < 4.78 is 0. The Bertz CT molecular complexity index is 447. The first-order valence-electron chi connectivity index (χ1n) is 5.58. The van der Waals surface area contributed by atoms with Crippen LogP contribution in [-0.2, 0) is 9.59 Å². The second-order valence-corrected chi connectivity index (χ2v) is 4.16. The zero-order valence-electron chi connectivity index (χ0n) is 10.4. The normalized spacial score (nSPS) is 11.4. The molecule has 0 fully saturated rings. The van der Waals surface area contributed by atoms with E-state index in [4.69, 9.17) is 0 Å². The number of para-hydroxylation sites is 1. The van der Waals surface area contributed by atoms with Crippen LogP contribution in [0.4, 0.5) is 5.69 Å². The van der Waals surface area contributed by atoms with E-state index in [1.807, 2.05) is 38.1 Å². The first-order chi connectivity index (χ1) is 8.04. The molecule has 0 saturated heterocycles. The summed E-state index contributed by atoms with van der Waals surface area (Å²) in [5.41, 5.74) is 1.95. The van der Waals surface area contributed by atoms with Gasteiger partial charge in [0.25, 0.3) is 0 Å². The Morgan fingerprint density at radius 2 is 1.94 bits per heavy atom. The number of aldehydes is 1. The highest BCUT2D eigenvalue weighted by atomic mass is 16.1. The van der Waals surface area contributed by atoms with E-state index in [2.05, 4.69) is 5.32 Å². The van der Waals surface area contributed by atoms with E-state index in [0.29, 0.717) is 12.3 Å². The molecule has 0 saturated carbocycles. The molecule has 0 aromatic heterocycles. The summed E-state index contributed by atoms with van der Waals surface area (Å²) in [4.78, 5) is 22.0. The lowest BCUT2D eigenvalue weighted by Crippen LogP contribution is -2.10. The molecule has 3 heteroatoms. The van der Waals surface area contributed by atoms with Crippen LogP contribution in [0.15, 0.2) is 29.8 Å². The SMILES string of the molecule is CC(=O)/C(C=O)=C/c1ccccc1NC(C)C. The van der Waals surface area contributed by atoms with Gasteiger partial charge in [0.1, 0.15) is 0 Å². The number of anilines is 1. The Kier molecular flexibility index (Phi) is 4.64. The zero-order valence-corrected chi connectivity index (χ0v) is 10.4. The summed E-state index contributed by atoms with van der Waals surface area (Å²) in [6, 6.07) is 7.88. The number of ketones is 1. The minimum Gasteiger partial charge on any atom is -0.382 e. The van der Waals surface area contributed by atoms with Crippen molar-refractivity contribution < 1.29 is 9.59 Å². The van der Waals surface area contributed by atoms with Gasteiger partial charge in [-0.25, -0.2) is 0 Å². The average Bonchev–Trinajstić information content (AvgIpc) is 2.26. The van der Waals surface area contributed by atoms with Gasteiger partial charge in [-0.3, -0.25) is 9.59 Å². The Labute approximate surface area is 102 Å². The lowest BCUT2D eigenvalue weighted by molar-refractivity contribution is -0.115. The van der Waals surface area contributed by atoms with Crippen molar-refractivity contribution in [1.82, 2.24) is 0 Å². The third-order valence-electron chi connectivity index (χ3n) is 2.25. The van der Waals surface area contributed by atoms with Crippen LogP contribution in [0, 0.1) is 0 Å². The number of hydrogen-bond donors (Lipinski definition) is 1. The minimum absolute atomic E-state index is 0.183. The number of carbonyl (C=O) groups excluding carboxylic acids is 2. The summed E-state index contributed by atoms with van der Waals surface area (Å²) >= 11 is 0. The van der Waals surface area contributed by atoms with Crippen LogP contribution in [0.1, 0.15) is 26.3 Å². The van der Waals surface area contributed by atoms with Gasteiger partial charge in [0.05, 0.1) is 5.57 Å². The van der Waals surface area contributed by atoms with Gasteiger partial charge in [0.15, 0.2) is 12.1 Å². The molecule has 0 aliphatic carbocycles. The van der Waals surface area contributed by atoms with Crippen LogP contribution in [0.5, 0.6) is 0 Å². The fraction of sp³-hybridized carbons (Fsp3) is 0.286. The van der Waals surface area contributed by atoms with Crippen LogP contribution in [0.2, 0.25) is 0 Å². The number of hydrogen-bond acceptors (Lipinski definition) is 3. The van der Waals surface area contributed by atoms with Crippen LogP contribution in [0.25, 0.3) is 6.08 Å². The van der Waals surface area contributed by atoms with Gasteiger partial charge < -0.3 is 5.32 Å². The molecule has 1 aromatic rings. The third kappa shape index (κ3) is 3.87. The second kappa shape index (κ2) is 5.99. The standard InChI is InChI=1S/C14H17NO2/c1-10(2)15-14-7-5-4-6-12(14)8-13(9-16)11(3)17/h4-10,15H,1-3H3/b13-8+. The predicted octanol–water partition coefficient (Wildman–Crippen LogP) is 2.68. The molecular weight excluding hydrogens is 214 g/mol. The van der Waals surface area contributed by atoms with Crippen molar-refractivity contribution in [2.24, 2.45) is 0 Å². The summed E-state index contributed by atoms with van der Waals surface area (Å²) in [6.07, 6.45) is 2.20. The maximum Gasteiger partial charge on any atom is 0.163 e. The summed E-state index contributed by atoms with van der Waals surface area (Å²) in [5.74, 6) is -0.223. The number of benzene rings is 1. The van der Waals surface area contributed by atoms with Gasteiger partial charge in [-0.2, -0.15) is 0 Å². The van der Waals surface area contributed by atoms with Crippen molar-refractivity contribution in [1.29, 1.82) is 0 Å². The van der Waals surface area contributed by atoms with Gasteiger partial charge in [0, 0.05) is 11.7 Å². The summed E-state index contributed by atoms with van der Waals surface area (Å²) in [7, 11) is 0. The van der Waals surface area contributed by atoms with Gasteiger partial charge in [-0.1, -0.05) is 18.2 Å².